The first-order chi connectivity index (χ1) is 13.5. The number of nitrogens with zero attached hydrogens (tertiary/aromatic N) is 2. The SMILES string of the molecule is CCCOc1ccc(N2C(=O)CC(NNC(=O)c3cncc(Br)c3)C2=O)cc1. The first kappa shape index (κ1) is 20.0. The zero-order chi connectivity index (χ0) is 20.1. The van der Waals surface area contributed by atoms with Crippen LogP contribution in [-0.4, -0.2) is 35.4 Å². The van der Waals surface area contributed by atoms with E-state index < -0.39 is 17.9 Å². The van der Waals surface area contributed by atoms with Crippen molar-refractivity contribution < 1.29 is 19.1 Å². The third kappa shape index (κ3) is 4.55. The Labute approximate surface area is 170 Å². The largest absolute Gasteiger partial charge is 0.494 e. The lowest BCUT2D eigenvalue weighted by atomic mass is 10.2. The van der Waals surface area contributed by atoms with Crippen molar-refractivity contribution in [3.8, 4) is 5.75 Å². The molecule has 0 radical (unpaired) electrons. The number of hydrazine groups is 1. The van der Waals surface area contributed by atoms with E-state index in [2.05, 4.69) is 31.8 Å². The number of amides is 3. The summed E-state index contributed by atoms with van der Waals surface area (Å²) in [6.07, 6.45) is 3.79. The molecular formula is C19H19BrN4O4. The summed E-state index contributed by atoms with van der Waals surface area (Å²) >= 11 is 3.24. The summed E-state index contributed by atoms with van der Waals surface area (Å²) in [4.78, 5) is 42.1. The lowest BCUT2D eigenvalue weighted by Gasteiger charge is -2.16. The minimum Gasteiger partial charge on any atom is -0.494 e. The van der Waals surface area contributed by atoms with Crippen molar-refractivity contribution in [2.24, 2.45) is 0 Å². The normalized spacial score (nSPS) is 16.4. The van der Waals surface area contributed by atoms with Gasteiger partial charge >= 0.3 is 0 Å². The Balaban J connectivity index is 1.62. The number of anilines is 1. The molecule has 9 heteroatoms. The molecule has 2 aromatic rings. The molecule has 3 rings (SSSR count). The lowest BCUT2D eigenvalue weighted by molar-refractivity contribution is -0.121. The van der Waals surface area contributed by atoms with E-state index in [1.54, 1.807) is 36.5 Å². The highest BCUT2D eigenvalue weighted by Gasteiger charge is 2.39. The molecular weight excluding hydrogens is 428 g/mol. The minimum atomic E-state index is -0.840. The zero-order valence-electron chi connectivity index (χ0n) is 15.1. The maximum absolute atomic E-state index is 12.6. The van der Waals surface area contributed by atoms with E-state index in [9.17, 15) is 14.4 Å². The third-order valence-corrected chi connectivity index (χ3v) is 4.48. The molecule has 1 aromatic carbocycles. The molecule has 0 bridgehead atoms. The zero-order valence-corrected chi connectivity index (χ0v) is 16.7. The first-order valence-electron chi connectivity index (χ1n) is 8.75. The van der Waals surface area contributed by atoms with E-state index in [1.807, 2.05) is 6.92 Å². The van der Waals surface area contributed by atoms with Crippen molar-refractivity contribution in [3.63, 3.8) is 0 Å². The first-order valence-corrected chi connectivity index (χ1v) is 9.55. The van der Waals surface area contributed by atoms with E-state index in [1.165, 1.54) is 6.20 Å². The molecule has 8 nitrogen and oxygen atoms in total. The number of ether oxygens (including phenoxy) is 1. The summed E-state index contributed by atoms with van der Waals surface area (Å²) in [6.45, 7) is 2.61. The van der Waals surface area contributed by atoms with Crippen LogP contribution in [0.3, 0.4) is 0 Å². The second kappa shape index (κ2) is 8.94. The van der Waals surface area contributed by atoms with E-state index in [4.69, 9.17) is 4.74 Å². The van der Waals surface area contributed by atoms with Crippen LogP contribution in [0.2, 0.25) is 0 Å². The van der Waals surface area contributed by atoms with E-state index in [0.29, 0.717) is 28.1 Å². The molecule has 2 heterocycles. The van der Waals surface area contributed by atoms with Crippen LogP contribution in [0.15, 0.2) is 47.2 Å². The summed E-state index contributed by atoms with van der Waals surface area (Å²) < 4.78 is 6.16. The maximum Gasteiger partial charge on any atom is 0.266 e. The number of rotatable bonds is 7. The highest BCUT2D eigenvalue weighted by atomic mass is 79.9. The predicted octanol–water partition coefficient (Wildman–Crippen LogP) is 2.20. The Morgan fingerprint density at radius 3 is 2.71 bits per heavy atom. The number of imide groups is 1. The number of pyridine rings is 1. The van der Waals surface area contributed by atoms with Crippen LogP contribution in [0.1, 0.15) is 30.1 Å². The van der Waals surface area contributed by atoms with Crippen LogP contribution in [0, 0.1) is 0 Å². The van der Waals surface area contributed by atoms with Gasteiger partial charge in [0.1, 0.15) is 11.8 Å². The molecule has 0 spiro atoms. The number of aromatic nitrogens is 1. The van der Waals surface area contributed by atoms with Crippen molar-refractivity contribution >= 4 is 39.3 Å². The number of carbonyl (C=O) groups is 3. The number of carbonyl (C=O) groups excluding carboxylic acids is 3. The number of benzene rings is 1. The van der Waals surface area contributed by atoms with Gasteiger partial charge in [0.05, 0.1) is 24.3 Å². The van der Waals surface area contributed by atoms with Gasteiger partial charge < -0.3 is 4.74 Å². The molecule has 0 aliphatic carbocycles. The standard InChI is InChI=1S/C19H19BrN4O4/c1-2-7-28-15-5-3-14(4-6-15)24-17(25)9-16(19(24)27)22-23-18(26)12-8-13(20)11-21-10-12/h3-6,8,10-11,16,22H,2,7,9H2,1H3,(H,23,26). The van der Waals surface area contributed by atoms with Gasteiger partial charge in [0.25, 0.3) is 11.8 Å². The fourth-order valence-corrected chi connectivity index (χ4v) is 3.05. The Morgan fingerprint density at radius 2 is 2.04 bits per heavy atom. The Morgan fingerprint density at radius 1 is 1.29 bits per heavy atom. The van der Waals surface area contributed by atoms with Gasteiger partial charge in [0.15, 0.2) is 0 Å². The molecule has 3 amide bonds. The van der Waals surface area contributed by atoms with Gasteiger partial charge in [0.2, 0.25) is 5.91 Å². The van der Waals surface area contributed by atoms with Crippen molar-refractivity contribution in [2.45, 2.75) is 25.8 Å². The quantitative estimate of drug-likeness (QED) is 0.499. The summed E-state index contributed by atoms with van der Waals surface area (Å²) in [5.41, 5.74) is 5.87. The van der Waals surface area contributed by atoms with Gasteiger partial charge in [-0.15, -0.1) is 0 Å². The Kier molecular flexibility index (Phi) is 6.37. The molecule has 1 aliphatic heterocycles. The van der Waals surface area contributed by atoms with Gasteiger partial charge in [-0.3, -0.25) is 24.8 Å². The summed E-state index contributed by atoms with van der Waals surface area (Å²) in [5, 5.41) is 0. The molecule has 1 unspecified atom stereocenters. The van der Waals surface area contributed by atoms with Crippen molar-refractivity contribution in [1.29, 1.82) is 0 Å². The van der Waals surface area contributed by atoms with E-state index in [0.717, 1.165) is 11.3 Å². The molecule has 28 heavy (non-hydrogen) atoms. The van der Waals surface area contributed by atoms with Gasteiger partial charge in [-0.2, -0.15) is 0 Å². The summed E-state index contributed by atoms with van der Waals surface area (Å²) in [5.74, 6) is -0.554. The molecule has 146 valence electrons. The average molecular weight is 447 g/mol. The molecule has 1 atom stereocenters. The minimum absolute atomic E-state index is 0.0517. The molecule has 1 aliphatic rings. The fourth-order valence-electron chi connectivity index (χ4n) is 2.69. The van der Waals surface area contributed by atoms with E-state index in [-0.39, 0.29) is 12.3 Å². The Bertz CT molecular complexity index is 888. The van der Waals surface area contributed by atoms with Crippen molar-refractivity contribution in [1.82, 2.24) is 15.8 Å². The highest BCUT2D eigenvalue weighted by molar-refractivity contribution is 9.10. The van der Waals surface area contributed by atoms with Crippen LogP contribution in [-0.2, 0) is 9.59 Å². The van der Waals surface area contributed by atoms with Gasteiger partial charge in [-0.05, 0) is 52.7 Å². The highest BCUT2D eigenvalue weighted by Crippen LogP contribution is 2.25. The molecule has 2 N–H and O–H groups in total. The van der Waals surface area contributed by atoms with Gasteiger partial charge in [-0.1, -0.05) is 6.92 Å². The summed E-state index contributed by atoms with van der Waals surface area (Å²) in [7, 11) is 0. The number of nitrogens with one attached hydrogen (secondary N) is 2. The van der Waals surface area contributed by atoms with Crippen LogP contribution < -0.4 is 20.5 Å². The van der Waals surface area contributed by atoms with Crippen LogP contribution in [0.25, 0.3) is 0 Å². The second-order valence-corrected chi connectivity index (χ2v) is 7.07. The van der Waals surface area contributed by atoms with Crippen molar-refractivity contribution in [3.05, 3.63) is 52.8 Å². The third-order valence-electron chi connectivity index (χ3n) is 4.04. The van der Waals surface area contributed by atoms with Crippen LogP contribution >= 0.6 is 15.9 Å². The smallest absolute Gasteiger partial charge is 0.266 e. The molecule has 1 fully saturated rings. The van der Waals surface area contributed by atoms with Gasteiger partial charge in [-0.25, -0.2) is 10.3 Å². The molecule has 1 saturated heterocycles. The Hall–Kier alpha value is -2.78. The number of halogens is 1. The topological polar surface area (TPSA) is 101 Å². The maximum atomic E-state index is 12.6. The average Bonchev–Trinajstić information content (AvgIpc) is 2.98. The molecule has 0 saturated carbocycles. The van der Waals surface area contributed by atoms with Crippen LogP contribution in [0.4, 0.5) is 5.69 Å². The monoisotopic (exact) mass is 446 g/mol. The van der Waals surface area contributed by atoms with Crippen molar-refractivity contribution in [2.75, 3.05) is 11.5 Å². The summed E-state index contributed by atoms with van der Waals surface area (Å²) in [6, 6.07) is 7.51. The van der Waals surface area contributed by atoms with Gasteiger partial charge in [0, 0.05) is 16.9 Å². The predicted molar refractivity (Wildman–Crippen MR) is 106 cm³/mol. The number of hydrogen-bond donors (Lipinski definition) is 2. The number of hydrogen-bond acceptors (Lipinski definition) is 6. The van der Waals surface area contributed by atoms with Crippen LogP contribution in [0.5, 0.6) is 5.75 Å². The van der Waals surface area contributed by atoms with E-state index >= 15 is 0 Å². The second-order valence-electron chi connectivity index (χ2n) is 6.16. The molecule has 1 aromatic heterocycles. The lowest BCUT2D eigenvalue weighted by Crippen LogP contribution is -2.48. The fraction of sp³-hybridized carbons (Fsp3) is 0.263.